The summed E-state index contributed by atoms with van der Waals surface area (Å²) in [7, 11) is 1.59. The first-order valence-corrected chi connectivity index (χ1v) is 6.68. The molecule has 2 heterocycles. The van der Waals surface area contributed by atoms with E-state index in [-0.39, 0.29) is 13.3 Å². The number of β-amino-alcohol motifs (C(OH)–C–C–N with tert-alkyl or cyclic N) is 1. The van der Waals surface area contributed by atoms with Gasteiger partial charge < -0.3 is 24.4 Å². The highest BCUT2D eigenvalue weighted by molar-refractivity contribution is 6.35. The Bertz CT molecular complexity index is 589. The highest BCUT2D eigenvalue weighted by Gasteiger charge is 2.31. The number of aliphatic hydroxyl groups excluding tert-OH is 1. The van der Waals surface area contributed by atoms with Gasteiger partial charge in [-0.25, -0.2) is 0 Å². The summed E-state index contributed by atoms with van der Waals surface area (Å²) in [6, 6.07) is 5.13. The lowest BCUT2D eigenvalue weighted by molar-refractivity contribution is -0.155. The van der Waals surface area contributed by atoms with E-state index in [9.17, 15) is 14.7 Å². The molecule has 1 saturated heterocycles. The molecule has 0 radical (unpaired) electrons. The van der Waals surface area contributed by atoms with Gasteiger partial charge in [-0.1, -0.05) is 6.07 Å². The second-order valence-electron chi connectivity index (χ2n) is 5.11. The van der Waals surface area contributed by atoms with Gasteiger partial charge >= 0.3 is 11.8 Å². The van der Waals surface area contributed by atoms with Crippen LogP contribution in [0.1, 0.15) is 11.7 Å². The van der Waals surface area contributed by atoms with Crippen LogP contribution in [0.3, 0.4) is 0 Å². The second-order valence-corrected chi connectivity index (χ2v) is 5.11. The molecule has 1 aromatic carbocycles. The molecule has 112 valence electrons. The van der Waals surface area contributed by atoms with Gasteiger partial charge in [0.05, 0.1) is 12.6 Å². The summed E-state index contributed by atoms with van der Waals surface area (Å²) in [6.45, 7) is 1.14. The second kappa shape index (κ2) is 5.25. The van der Waals surface area contributed by atoms with Gasteiger partial charge in [0.1, 0.15) is 0 Å². The summed E-state index contributed by atoms with van der Waals surface area (Å²) in [6.07, 6.45) is -0.875. The molecule has 0 bridgehead atoms. The van der Waals surface area contributed by atoms with Crippen molar-refractivity contribution in [2.75, 3.05) is 33.5 Å². The van der Waals surface area contributed by atoms with Crippen molar-refractivity contribution in [3.63, 3.8) is 0 Å². The quantitative estimate of drug-likeness (QED) is 0.777. The van der Waals surface area contributed by atoms with Crippen LogP contribution in [0.5, 0.6) is 11.5 Å². The molecule has 1 unspecified atom stereocenters. The zero-order chi connectivity index (χ0) is 15.0. The van der Waals surface area contributed by atoms with Gasteiger partial charge in [0.15, 0.2) is 11.5 Å². The summed E-state index contributed by atoms with van der Waals surface area (Å²) in [4.78, 5) is 26.2. The van der Waals surface area contributed by atoms with Crippen molar-refractivity contribution in [3.8, 4) is 11.5 Å². The van der Waals surface area contributed by atoms with Crippen molar-refractivity contribution in [2.24, 2.45) is 0 Å². The summed E-state index contributed by atoms with van der Waals surface area (Å²) in [5.74, 6) is 0.0896. The molecule has 3 rings (SSSR count). The zero-order valence-electron chi connectivity index (χ0n) is 11.6. The normalized spacial score (nSPS) is 19.1. The first-order chi connectivity index (χ1) is 10.1. The maximum absolute atomic E-state index is 11.9. The minimum absolute atomic E-state index is 0.0814. The monoisotopic (exact) mass is 292 g/mol. The van der Waals surface area contributed by atoms with Crippen LogP contribution in [0.4, 0.5) is 0 Å². The predicted molar refractivity (Wildman–Crippen MR) is 71.7 cm³/mol. The molecule has 7 nitrogen and oxygen atoms in total. The van der Waals surface area contributed by atoms with E-state index in [4.69, 9.17) is 9.47 Å². The predicted octanol–water partition coefficient (Wildman–Crippen LogP) is -0.251. The fourth-order valence-corrected chi connectivity index (χ4v) is 2.38. The molecule has 1 aromatic rings. The van der Waals surface area contributed by atoms with Crippen LogP contribution in [0.15, 0.2) is 18.2 Å². The smallest absolute Gasteiger partial charge is 0.312 e. The van der Waals surface area contributed by atoms with Crippen LogP contribution < -0.4 is 9.47 Å². The van der Waals surface area contributed by atoms with Gasteiger partial charge in [-0.3, -0.25) is 9.59 Å². The molecule has 1 fully saturated rings. The zero-order valence-corrected chi connectivity index (χ0v) is 11.6. The van der Waals surface area contributed by atoms with Gasteiger partial charge in [-0.05, 0) is 17.7 Å². The molecule has 0 aromatic heterocycles. The number of hydrogen-bond acceptors (Lipinski definition) is 5. The Labute approximate surface area is 121 Å². The van der Waals surface area contributed by atoms with E-state index < -0.39 is 17.9 Å². The van der Waals surface area contributed by atoms with Crippen molar-refractivity contribution in [1.82, 2.24) is 9.80 Å². The Hall–Kier alpha value is -2.28. The first-order valence-electron chi connectivity index (χ1n) is 6.68. The largest absolute Gasteiger partial charge is 0.454 e. The standard InChI is InChI=1S/C14H16N2O5/c1-15-4-5-16(14(19)13(15)18)7-10(17)9-2-3-11-12(6-9)21-8-20-11/h2-3,6,10,17H,4-5,7-8H2,1H3. The Balaban J connectivity index is 1.70. The van der Waals surface area contributed by atoms with Crippen molar-refractivity contribution < 1.29 is 24.2 Å². The number of ether oxygens (including phenoxy) is 2. The summed E-state index contributed by atoms with van der Waals surface area (Å²) >= 11 is 0. The fraction of sp³-hybridized carbons (Fsp3) is 0.429. The third kappa shape index (κ3) is 2.52. The maximum Gasteiger partial charge on any atom is 0.312 e. The van der Waals surface area contributed by atoms with E-state index in [2.05, 4.69) is 0 Å². The highest BCUT2D eigenvalue weighted by Crippen LogP contribution is 2.34. The average molecular weight is 292 g/mol. The van der Waals surface area contributed by atoms with Crippen LogP contribution in [0.2, 0.25) is 0 Å². The third-order valence-corrected chi connectivity index (χ3v) is 3.70. The molecule has 0 saturated carbocycles. The van der Waals surface area contributed by atoms with E-state index in [0.717, 1.165) is 0 Å². The van der Waals surface area contributed by atoms with Crippen LogP contribution in [-0.4, -0.2) is 60.2 Å². The highest BCUT2D eigenvalue weighted by atomic mass is 16.7. The summed E-state index contributed by atoms with van der Waals surface area (Å²) in [5, 5.41) is 10.3. The van der Waals surface area contributed by atoms with E-state index in [1.54, 1.807) is 25.2 Å². The van der Waals surface area contributed by atoms with Gasteiger partial charge in [0, 0.05) is 20.1 Å². The van der Waals surface area contributed by atoms with Gasteiger partial charge in [-0.2, -0.15) is 0 Å². The molecular formula is C14H16N2O5. The number of piperazine rings is 1. The number of benzene rings is 1. The minimum Gasteiger partial charge on any atom is -0.454 e. The Morgan fingerprint density at radius 3 is 2.76 bits per heavy atom. The number of aliphatic hydroxyl groups is 1. The van der Waals surface area contributed by atoms with E-state index >= 15 is 0 Å². The van der Waals surface area contributed by atoms with Crippen LogP contribution >= 0.6 is 0 Å². The van der Waals surface area contributed by atoms with Crippen LogP contribution in [0, 0.1) is 0 Å². The molecule has 0 aliphatic carbocycles. The fourth-order valence-electron chi connectivity index (χ4n) is 2.38. The number of fused-ring (bicyclic) bond motifs is 1. The van der Waals surface area contributed by atoms with Crippen LogP contribution in [0.25, 0.3) is 0 Å². The number of likely N-dealkylation sites (N-methyl/N-ethyl adjacent to an activating group) is 1. The van der Waals surface area contributed by atoms with Gasteiger partial charge in [0.2, 0.25) is 6.79 Å². The van der Waals surface area contributed by atoms with Crippen LogP contribution in [-0.2, 0) is 9.59 Å². The molecule has 21 heavy (non-hydrogen) atoms. The Morgan fingerprint density at radius 2 is 1.95 bits per heavy atom. The van der Waals surface area contributed by atoms with E-state index in [1.165, 1.54) is 9.80 Å². The Kier molecular flexibility index (Phi) is 3.42. The lowest BCUT2D eigenvalue weighted by Gasteiger charge is -2.32. The number of carbonyl (C=O) groups excluding carboxylic acids is 2. The molecule has 1 atom stereocenters. The molecule has 2 aliphatic rings. The lowest BCUT2D eigenvalue weighted by atomic mass is 10.1. The SMILES string of the molecule is CN1CCN(CC(O)c2ccc3c(c2)OCO3)C(=O)C1=O. The number of amides is 2. The number of carbonyl (C=O) groups is 2. The maximum atomic E-state index is 11.9. The van der Waals surface area contributed by atoms with Gasteiger partial charge in [-0.15, -0.1) is 0 Å². The lowest BCUT2D eigenvalue weighted by Crippen LogP contribution is -2.53. The summed E-state index contributed by atoms with van der Waals surface area (Å²) in [5.41, 5.74) is 0.624. The minimum atomic E-state index is -0.875. The van der Waals surface area contributed by atoms with Gasteiger partial charge in [0.25, 0.3) is 0 Å². The first kappa shape index (κ1) is 13.7. The molecule has 0 spiro atoms. The van der Waals surface area contributed by atoms with E-state index in [1.807, 2.05) is 0 Å². The molecule has 2 amide bonds. The Morgan fingerprint density at radius 1 is 1.19 bits per heavy atom. The molecule has 1 N–H and O–H groups in total. The molecule has 2 aliphatic heterocycles. The van der Waals surface area contributed by atoms with Crippen molar-refractivity contribution in [2.45, 2.75) is 6.10 Å². The number of rotatable bonds is 3. The van der Waals surface area contributed by atoms with Crippen molar-refractivity contribution >= 4 is 11.8 Å². The van der Waals surface area contributed by atoms with E-state index in [0.29, 0.717) is 30.2 Å². The number of nitrogens with zero attached hydrogens (tertiary/aromatic N) is 2. The number of hydrogen-bond donors (Lipinski definition) is 1. The molecule has 7 heteroatoms. The summed E-state index contributed by atoms with van der Waals surface area (Å²) < 4.78 is 10.5. The topological polar surface area (TPSA) is 79.3 Å². The average Bonchev–Trinajstić information content (AvgIpc) is 2.95. The van der Waals surface area contributed by atoms with Crippen molar-refractivity contribution in [1.29, 1.82) is 0 Å². The third-order valence-electron chi connectivity index (χ3n) is 3.70. The van der Waals surface area contributed by atoms with Crippen molar-refractivity contribution in [3.05, 3.63) is 23.8 Å². The molecular weight excluding hydrogens is 276 g/mol.